The van der Waals surface area contributed by atoms with Gasteiger partial charge in [-0.2, -0.15) is 9.97 Å². The molecular formula is C37H22ClN3O. The molecule has 8 rings (SSSR count). The molecule has 0 spiro atoms. The fourth-order valence-corrected chi connectivity index (χ4v) is 5.94. The second kappa shape index (κ2) is 9.95. The van der Waals surface area contributed by atoms with E-state index in [2.05, 4.69) is 82.8 Å². The Kier molecular flexibility index (Phi) is 5.80. The number of fused-ring (bicyclic) bond motifs is 4. The second-order valence-corrected chi connectivity index (χ2v) is 10.5. The summed E-state index contributed by atoms with van der Waals surface area (Å²) in [6.07, 6.45) is 0. The number of furan rings is 1. The molecule has 4 nitrogen and oxygen atoms in total. The number of hydrogen-bond acceptors (Lipinski definition) is 4. The molecule has 0 unspecified atom stereocenters. The summed E-state index contributed by atoms with van der Waals surface area (Å²) in [5.41, 5.74) is 8.17. The highest BCUT2D eigenvalue weighted by Crippen LogP contribution is 2.41. The fraction of sp³-hybridized carbons (Fsp3) is 0. The van der Waals surface area contributed by atoms with Gasteiger partial charge in [0.15, 0.2) is 11.6 Å². The maximum atomic E-state index is 6.30. The molecule has 6 aromatic carbocycles. The molecule has 42 heavy (non-hydrogen) atoms. The maximum Gasteiger partial charge on any atom is 0.226 e. The van der Waals surface area contributed by atoms with Crippen molar-refractivity contribution >= 4 is 44.3 Å². The van der Waals surface area contributed by atoms with Crippen LogP contribution >= 0.6 is 11.6 Å². The van der Waals surface area contributed by atoms with E-state index in [1.807, 2.05) is 60.7 Å². The van der Waals surface area contributed by atoms with Crippen molar-refractivity contribution in [2.75, 3.05) is 0 Å². The number of benzene rings is 6. The van der Waals surface area contributed by atoms with E-state index in [9.17, 15) is 0 Å². The molecule has 0 aliphatic carbocycles. The highest BCUT2D eigenvalue weighted by molar-refractivity contribution is 6.28. The molecule has 198 valence electrons. The molecule has 0 atom stereocenters. The van der Waals surface area contributed by atoms with E-state index in [1.165, 1.54) is 16.3 Å². The van der Waals surface area contributed by atoms with Crippen molar-refractivity contribution in [2.45, 2.75) is 0 Å². The Balaban J connectivity index is 1.23. The molecule has 2 heterocycles. The predicted octanol–water partition coefficient (Wildman–Crippen LogP) is 10.2. The lowest BCUT2D eigenvalue weighted by Crippen LogP contribution is -1.97. The molecular weight excluding hydrogens is 538 g/mol. The van der Waals surface area contributed by atoms with Crippen LogP contribution in [0, 0.1) is 0 Å². The van der Waals surface area contributed by atoms with Gasteiger partial charge in [-0.15, -0.1) is 0 Å². The van der Waals surface area contributed by atoms with Gasteiger partial charge in [0.2, 0.25) is 5.28 Å². The highest BCUT2D eigenvalue weighted by Gasteiger charge is 2.16. The molecule has 0 bridgehead atoms. The van der Waals surface area contributed by atoms with Crippen molar-refractivity contribution in [3.05, 3.63) is 139 Å². The standard InChI is InChI=1S/C37H22ClN3O/c38-37-40-35(24-9-2-1-3-10-24)39-36(41-37)25-19-17-23(18-20-25)26-21-22-29(28-12-5-4-11-27(26)28)30-14-8-16-33-34(30)31-13-6-7-15-32(31)42-33/h1-22H. The zero-order valence-corrected chi connectivity index (χ0v) is 23.1. The van der Waals surface area contributed by atoms with Gasteiger partial charge in [0.05, 0.1) is 0 Å². The van der Waals surface area contributed by atoms with E-state index >= 15 is 0 Å². The van der Waals surface area contributed by atoms with E-state index in [1.54, 1.807) is 0 Å². The van der Waals surface area contributed by atoms with E-state index in [-0.39, 0.29) is 5.28 Å². The van der Waals surface area contributed by atoms with Crippen LogP contribution in [0.4, 0.5) is 0 Å². The maximum absolute atomic E-state index is 6.30. The summed E-state index contributed by atoms with van der Waals surface area (Å²) < 4.78 is 6.18. The van der Waals surface area contributed by atoms with Crippen LogP contribution in [0.5, 0.6) is 0 Å². The number of nitrogens with zero attached hydrogens (tertiary/aromatic N) is 3. The van der Waals surface area contributed by atoms with Crippen LogP contribution in [0.15, 0.2) is 138 Å². The van der Waals surface area contributed by atoms with Gasteiger partial charge in [-0.3, -0.25) is 0 Å². The molecule has 8 aromatic rings. The molecule has 0 aliphatic heterocycles. The molecule has 0 N–H and O–H groups in total. The van der Waals surface area contributed by atoms with Crippen molar-refractivity contribution in [1.29, 1.82) is 0 Å². The zero-order valence-electron chi connectivity index (χ0n) is 22.3. The summed E-state index contributed by atoms with van der Waals surface area (Å²) >= 11 is 6.30. The summed E-state index contributed by atoms with van der Waals surface area (Å²) in [4.78, 5) is 13.4. The summed E-state index contributed by atoms with van der Waals surface area (Å²) in [7, 11) is 0. The van der Waals surface area contributed by atoms with Crippen LogP contribution in [0.25, 0.3) is 77.7 Å². The van der Waals surface area contributed by atoms with Crippen LogP contribution in [0.1, 0.15) is 0 Å². The third-order valence-corrected chi connectivity index (χ3v) is 7.88. The minimum atomic E-state index is 0.171. The van der Waals surface area contributed by atoms with E-state index in [4.69, 9.17) is 21.0 Å². The Morgan fingerprint density at radius 2 is 0.976 bits per heavy atom. The summed E-state index contributed by atoms with van der Waals surface area (Å²) in [6.45, 7) is 0. The van der Waals surface area contributed by atoms with Crippen LogP contribution in [0.2, 0.25) is 5.28 Å². The van der Waals surface area contributed by atoms with Crippen LogP contribution < -0.4 is 0 Å². The lowest BCUT2D eigenvalue weighted by Gasteiger charge is -2.13. The topological polar surface area (TPSA) is 51.8 Å². The zero-order chi connectivity index (χ0) is 28.0. The number of aromatic nitrogens is 3. The molecule has 0 fully saturated rings. The highest BCUT2D eigenvalue weighted by atomic mass is 35.5. The lowest BCUT2D eigenvalue weighted by atomic mass is 9.90. The Morgan fingerprint density at radius 1 is 0.405 bits per heavy atom. The van der Waals surface area contributed by atoms with Crippen LogP contribution in [-0.2, 0) is 0 Å². The van der Waals surface area contributed by atoms with Crippen molar-refractivity contribution < 1.29 is 4.42 Å². The van der Waals surface area contributed by atoms with Crippen LogP contribution in [0.3, 0.4) is 0 Å². The van der Waals surface area contributed by atoms with Gasteiger partial charge in [0, 0.05) is 21.9 Å². The first-order chi connectivity index (χ1) is 20.7. The van der Waals surface area contributed by atoms with Gasteiger partial charge < -0.3 is 4.42 Å². The molecule has 0 saturated carbocycles. The van der Waals surface area contributed by atoms with E-state index in [0.29, 0.717) is 11.6 Å². The molecule has 5 heteroatoms. The normalized spacial score (nSPS) is 11.5. The number of rotatable bonds is 4. The Morgan fingerprint density at radius 3 is 1.74 bits per heavy atom. The second-order valence-electron chi connectivity index (χ2n) is 10.2. The summed E-state index contributed by atoms with van der Waals surface area (Å²) in [5, 5.41) is 4.81. The minimum absolute atomic E-state index is 0.171. The third kappa shape index (κ3) is 4.12. The summed E-state index contributed by atoms with van der Waals surface area (Å²) in [6, 6.07) is 45.6. The van der Waals surface area contributed by atoms with Gasteiger partial charge >= 0.3 is 0 Å². The molecule has 0 saturated heterocycles. The first kappa shape index (κ1) is 24.5. The average Bonchev–Trinajstić information content (AvgIpc) is 3.44. The largest absolute Gasteiger partial charge is 0.456 e. The molecule has 0 amide bonds. The number of halogens is 1. The molecule has 0 radical (unpaired) electrons. The van der Waals surface area contributed by atoms with Gasteiger partial charge in [-0.05, 0) is 56.8 Å². The third-order valence-electron chi connectivity index (χ3n) is 7.71. The lowest BCUT2D eigenvalue weighted by molar-refractivity contribution is 0.669. The molecule has 0 aliphatic rings. The van der Waals surface area contributed by atoms with Crippen molar-refractivity contribution in [3.8, 4) is 45.0 Å². The summed E-state index contributed by atoms with van der Waals surface area (Å²) in [5.74, 6) is 1.10. The predicted molar refractivity (Wildman–Crippen MR) is 171 cm³/mol. The number of para-hydroxylation sites is 1. The van der Waals surface area contributed by atoms with E-state index < -0.39 is 0 Å². The smallest absolute Gasteiger partial charge is 0.226 e. The average molecular weight is 560 g/mol. The SMILES string of the molecule is Clc1nc(-c2ccccc2)nc(-c2ccc(-c3ccc(-c4cccc5oc6ccccc6c45)c4ccccc34)cc2)n1. The first-order valence-corrected chi connectivity index (χ1v) is 14.1. The van der Waals surface area contributed by atoms with Gasteiger partial charge in [-0.1, -0.05) is 121 Å². The van der Waals surface area contributed by atoms with Gasteiger partial charge in [0.1, 0.15) is 11.2 Å². The fourth-order valence-electron chi connectivity index (χ4n) is 5.78. The van der Waals surface area contributed by atoms with Crippen molar-refractivity contribution in [3.63, 3.8) is 0 Å². The first-order valence-electron chi connectivity index (χ1n) is 13.7. The Hall–Kier alpha value is -5.32. The van der Waals surface area contributed by atoms with Gasteiger partial charge in [0.25, 0.3) is 0 Å². The quantitative estimate of drug-likeness (QED) is 0.215. The Bertz CT molecular complexity index is 2260. The monoisotopic (exact) mass is 559 g/mol. The van der Waals surface area contributed by atoms with Crippen molar-refractivity contribution in [2.24, 2.45) is 0 Å². The van der Waals surface area contributed by atoms with Gasteiger partial charge in [-0.25, -0.2) is 4.98 Å². The van der Waals surface area contributed by atoms with Crippen molar-refractivity contribution in [1.82, 2.24) is 15.0 Å². The Labute approximate surface area is 246 Å². The molecule has 2 aromatic heterocycles. The number of hydrogen-bond donors (Lipinski definition) is 0. The van der Waals surface area contributed by atoms with E-state index in [0.717, 1.165) is 49.8 Å². The van der Waals surface area contributed by atoms with Crippen LogP contribution in [-0.4, -0.2) is 15.0 Å². The minimum Gasteiger partial charge on any atom is -0.456 e.